The van der Waals surface area contributed by atoms with E-state index >= 15 is 0 Å². The molecule has 2 atom stereocenters. The number of alkyl halides is 2. The molecule has 2 aromatic rings. The van der Waals surface area contributed by atoms with Gasteiger partial charge in [-0.15, -0.1) is 10.2 Å². The summed E-state index contributed by atoms with van der Waals surface area (Å²) < 4.78 is 60.6. The fraction of sp³-hybridized carbons (Fsp3) is 0.429. The van der Waals surface area contributed by atoms with Crippen molar-refractivity contribution < 1.29 is 21.9 Å². The standard InChI is InChI=1S/C14H15F3N6O2S2/c1-7-4-9-5-10(19-20-14-18-8(2)21-26-14)11(6-12(9)23(7)3)22-27(24,25-17)13(15)16/h5-7,13H,4H2,1-3H3. The van der Waals surface area contributed by atoms with E-state index in [0.717, 1.165) is 17.1 Å². The number of anilines is 1. The van der Waals surface area contributed by atoms with Gasteiger partial charge in [-0.3, -0.25) is 0 Å². The third kappa shape index (κ3) is 3.94. The quantitative estimate of drug-likeness (QED) is 0.649. The van der Waals surface area contributed by atoms with Crippen molar-refractivity contribution in [1.82, 2.24) is 9.36 Å². The molecule has 0 saturated heterocycles. The van der Waals surface area contributed by atoms with E-state index < -0.39 is 15.8 Å². The third-order valence-electron chi connectivity index (χ3n) is 4.03. The summed E-state index contributed by atoms with van der Waals surface area (Å²) in [4.78, 5) is 5.92. The van der Waals surface area contributed by atoms with E-state index in [1.54, 1.807) is 13.0 Å². The largest absolute Gasteiger partial charge is 0.371 e. The van der Waals surface area contributed by atoms with Crippen molar-refractivity contribution in [2.24, 2.45) is 14.6 Å². The average molecular weight is 420 g/mol. The molecule has 13 heteroatoms. The van der Waals surface area contributed by atoms with Crippen molar-refractivity contribution in [2.45, 2.75) is 32.1 Å². The molecule has 1 aliphatic heterocycles. The van der Waals surface area contributed by atoms with Gasteiger partial charge in [0.1, 0.15) is 17.2 Å². The van der Waals surface area contributed by atoms with E-state index in [1.165, 1.54) is 6.07 Å². The van der Waals surface area contributed by atoms with Gasteiger partial charge in [0.2, 0.25) is 5.13 Å². The van der Waals surface area contributed by atoms with Gasteiger partial charge in [-0.1, -0.05) is 4.39 Å². The molecule has 0 amide bonds. The Hall–Kier alpha value is -2.12. The lowest BCUT2D eigenvalue weighted by Crippen LogP contribution is -2.23. The van der Waals surface area contributed by atoms with Gasteiger partial charge in [-0.2, -0.15) is 17.5 Å². The molecule has 2 heterocycles. The molecule has 0 aliphatic carbocycles. The zero-order valence-electron chi connectivity index (χ0n) is 14.5. The van der Waals surface area contributed by atoms with Gasteiger partial charge in [-0.25, -0.2) is 9.19 Å². The number of fused-ring (bicyclic) bond motifs is 1. The minimum atomic E-state index is -4.87. The highest BCUT2D eigenvalue weighted by molar-refractivity contribution is 7.89. The summed E-state index contributed by atoms with van der Waals surface area (Å²) in [5.74, 6) is -3.13. The zero-order valence-corrected chi connectivity index (χ0v) is 16.1. The topological polar surface area (TPSA) is 92.4 Å². The van der Waals surface area contributed by atoms with Gasteiger partial charge in [-0.05, 0) is 42.5 Å². The van der Waals surface area contributed by atoms with Crippen LogP contribution in [0.1, 0.15) is 18.3 Å². The molecule has 0 N–H and O–H groups in total. The fourth-order valence-corrected chi connectivity index (χ4v) is 3.68. The second kappa shape index (κ2) is 7.48. The number of aromatic nitrogens is 2. The van der Waals surface area contributed by atoms with Crippen LogP contribution in [-0.4, -0.2) is 32.4 Å². The van der Waals surface area contributed by atoms with E-state index in [4.69, 9.17) is 0 Å². The first kappa shape index (κ1) is 19.6. The molecule has 0 radical (unpaired) electrons. The van der Waals surface area contributed by atoms with E-state index in [2.05, 4.69) is 28.3 Å². The van der Waals surface area contributed by atoms with Crippen LogP contribution in [0.15, 0.2) is 26.7 Å². The van der Waals surface area contributed by atoms with Crippen LogP contribution in [0.3, 0.4) is 0 Å². The molecule has 27 heavy (non-hydrogen) atoms. The number of likely N-dealkylation sites (N-methyl/N-ethyl adjacent to an activating group) is 1. The number of benzene rings is 1. The number of hydrogen-bond donors (Lipinski definition) is 0. The number of hydrogen-bond acceptors (Lipinski definition) is 9. The Balaban J connectivity index is 2.14. The first-order valence-electron chi connectivity index (χ1n) is 7.69. The van der Waals surface area contributed by atoms with Crippen LogP contribution in [0.4, 0.5) is 35.5 Å². The fourth-order valence-electron chi connectivity index (χ4n) is 2.59. The van der Waals surface area contributed by atoms with Crippen LogP contribution in [-0.2, 0) is 20.8 Å². The Kier molecular flexibility index (Phi) is 5.44. The normalized spacial score (nSPS) is 18.9. The maximum absolute atomic E-state index is 13.0. The van der Waals surface area contributed by atoms with E-state index in [-0.39, 0.29) is 22.5 Å². The van der Waals surface area contributed by atoms with E-state index in [9.17, 15) is 17.5 Å². The lowest BCUT2D eigenvalue weighted by atomic mass is 10.1. The van der Waals surface area contributed by atoms with Crippen LogP contribution >= 0.6 is 11.5 Å². The van der Waals surface area contributed by atoms with Crippen molar-refractivity contribution in [3.63, 3.8) is 0 Å². The maximum atomic E-state index is 13.0. The predicted octanol–water partition coefficient (Wildman–Crippen LogP) is 4.78. The SMILES string of the molecule is Cc1nsc(N=Nc2cc3c(cc2N=S(=O)(OF)C(F)F)N(C)C(C)C3)n1. The van der Waals surface area contributed by atoms with Gasteiger partial charge < -0.3 is 4.90 Å². The zero-order chi connectivity index (χ0) is 19.8. The van der Waals surface area contributed by atoms with Crippen LogP contribution in [0.2, 0.25) is 0 Å². The smallest absolute Gasteiger partial charge is 0.345 e. The molecule has 1 aliphatic rings. The van der Waals surface area contributed by atoms with Crippen molar-refractivity contribution in [2.75, 3.05) is 11.9 Å². The number of nitrogens with zero attached hydrogens (tertiary/aromatic N) is 6. The molecule has 0 saturated carbocycles. The molecule has 0 fully saturated rings. The number of halogens is 3. The van der Waals surface area contributed by atoms with E-state index in [0.29, 0.717) is 17.9 Å². The summed E-state index contributed by atoms with van der Waals surface area (Å²) in [6.45, 7) is 3.66. The lowest BCUT2D eigenvalue weighted by molar-refractivity contribution is -0.000950. The Bertz CT molecular complexity index is 1000. The second-order valence-electron chi connectivity index (χ2n) is 5.89. The second-order valence-corrected chi connectivity index (χ2v) is 8.31. The molecule has 1 aromatic carbocycles. The molecular formula is C14H15F3N6O2S2. The highest BCUT2D eigenvalue weighted by Crippen LogP contribution is 2.42. The minimum absolute atomic E-state index is 0.0505. The summed E-state index contributed by atoms with van der Waals surface area (Å²) in [6.07, 6.45) is 0.691. The summed E-state index contributed by atoms with van der Waals surface area (Å²) in [7, 11) is -3.05. The minimum Gasteiger partial charge on any atom is -0.371 e. The first-order chi connectivity index (χ1) is 12.7. The maximum Gasteiger partial charge on any atom is 0.345 e. The monoisotopic (exact) mass is 420 g/mol. The highest BCUT2D eigenvalue weighted by atomic mass is 32.2. The van der Waals surface area contributed by atoms with Gasteiger partial charge >= 0.3 is 5.76 Å². The summed E-state index contributed by atoms with van der Waals surface area (Å²) in [6, 6.07) is 3.16. The van der Waals surface area contributed by atoms with Gasteiger partial charge in [0.05, 0.1) is 0 Å². The van der Waals surface area contributed by atoms with Crippen molar-refractivity contribution in [3.8, 4) is 0 Å². The Labute approximate surface area is 157 Å². The number of azo groups is 1. The number of aryl methyl sites for hydroxylation is 1. The Morgan fingerprint density at radius 1 is 1.37 bits per heavy atom. The number of rotatable bonds is 5. The van der Waals surface area contributed by atoms with Gasteiger partial charge in [0.15, 0.2) is 0 Å². The molecule has 2 unspecified atom stereocenters. The van der Waals surface area contributed by atoms with Crippen LogP contribution in [0, 0.1) is 6.92 Å². The van der Waals surface area contributed by atoms with Gasteiger partial charge in [0.25, 0.3) is 10.0 Å². The van der Waals surface area contributed by atoms with Crippen molar-refractivity contribution in [1.29, 1.82) is 0 Å². The predicted molar refractivity (Wildman–Crippen MR) is 95.3 cm³/mol. The molecular weight excluding hydrogens is 405 g/mol. The summed E-state index contributed by atoms with van der Waals surface area (Å²) >= 11 is 1.00. The first-order valence-corrected chi connectivity index (χ1v) is 9.97. The lowest BCUT2D eigenvalue weighted by Gasteiger charge is -2.18. The van der Waals surface area contributed by atoms with Crippen LogP contribution in [0.25, 0.3) is 0 Å². The van der Waals surface area contributed by atoms with Crippen molar-refractivity contribution >= 4 is 43.7 Å². The molecule has 1 aromatic heterocycles. The third-order valence-corrected chi connectivity index (χ3v) is 5.81. The Morgan fingerprint density at radius 2 is 2.11 bits per heavy atom. The van der Waals surface area contributed by atoms with Crippen molar-refractivity contribution in [3.05, 3.63) is 23.5 Å². The molecule has 146 valence electrons. The molecule has 0 bridgehead atoms. The van der Waals surface area contributed by atoms with Gasteiger partial charge in [0, 0.05) is 30.3 Å². The highest BCUT2D eigenvalue weighted by Gasteiger charge is 2.28. The van der Waals surface area contributed by atoms with Crippen LogP contribution in [0.5, 0.6) is 0 Å². The summed E-state index contributed by atoms with van der Waals surface area (Å²) in [5.41, 5.74) is 1.41. The molecule has 0 spiro atoms. The summed E-state index contributed by atoms with van der Waals surface area (Å²) in [5, 5.41) is 8.12. The van der Waals surface area contributed by atoms with E-state index in [1.807, 2.05) is 18.9 Å². The van der Waals surface area contributed by atoms with Crippen LogP contribution < -0.4 is 4.90 Å². The molecule has 8 nitrogen and oxygen atoms in total. The molecule has 3 rings (SSSR count). The average Bonchev–Trinajstić information content (AvgIpc) is 3.16. The Morgan fingerprint density at radius 3 is 2.70 bits per heavy atom.